The fourth-order valence-corrected chi connectivity index (χ4v) is 1.99. The van der Waals surface area contributed by atoms with E-state index in [2.05, 4.69) is 9.84 Å². The molecule has 1 aromatic rings. The highest BCUT2D eigenvalue weighted by atomic mass is 16.5. The van der Waals surface area contributed by atoms with Gasteiger partial charge in [0.05, 0.1) is 13.7 Å². The number of nitrogens with zero attached hydrogens (tertiary/aromatic N) is 3. The Morgan fingerprint density at radius 3 is 2.67 bits per heavy atom. The molecule has 0 spiro atoms. The van der Waals surface area contributed by atoms with Gasteiger partial charge in [-0.3, -0.25) is 9.48 Å². The standard InChI is InChI=1S/C11H15N3O4/c1-6(2)13-4-5-14-8(10(13)16)9(15)7(12-14)11(17)18-3/h6,15H,4-5H2,1-3H3. The molecule has 1 amide bonds. The van der Waals surface area contributed by atoms with E-state index in [1.165, 1.54) is 11.8 Å². The normalized spacial score (nSPS) is 14.9. The number of aromatic nitrogens is 2. The number of esters is 1. The summed E-state index contributed by atoms with van der Waals surface area (Å²) in [6, 6.07) is 0.0297. The van der Waals surface area contributed by atoms with Gasteiger partial charge < -0.3 is 14.7 Å². The molecule has 98 valence electrons. The summed E-state index contributed by atoms with van der Waals surface area (Å²) < 4.78 is 5.85. The highest BCUT2D eigenvalue weighted by Crippen LogP contribution is 2.27. The number of carbonyl (C=O) groups is 2. The van der Waals surface area contributed by atoms with Crippen molar-refractivity contribution in [1.29, 1.82) is 0 Å². The average molecular weight is 253 g/mol. The van der Waals surface area contributed by atoms with Crippen LogP contribution in [0.3, 0.4) is 0 Å². The Morgan fingerprint density at radius 1 is 1.44 bits per heavy atom. The molecule has 0 aromatic carbocycles. The van der Waals surface area contributed by atoms with Crippen molar-refractivity contribution in [3.63, 3.8) is 0 Å². The third kappa shape index (κ3) is 1.71. The second-order valence-corrected chi connectivity index (χ2v) is 4.35. The summed E-state index contributed by atoms with van der Waals surface area (Å²) in [5, 5.41) is 13.8. The molecule has 2 heterocycles. The Hall–Kier alpha value is -2.05. The summed E-state index contributed by atoms with van der Waals surface area (Å²) in [5.74, 6) is -1.48. The van der Waals surface area contributed by atoms with Gasteiger partial charge in [-0.25, -0.2) is 4.79 Å². The van der Waals surface area contributed by atoms with Crippen LogP contribution >= 0.6 is 0 Å². The molecule has 0 radical (unpaired) electrons. The van der Waals surface area contributed by atoms with E-state index < -0.39 is 11.7 Å². The molecule has 7 heteroatoms. The molecule has 0 fully saturated rings. The number of hydrogen-bond donors (Lipinski definition) is 1. The van der Waals surface area contributed by atoms with Crippen molar-refractivity contribution in [2.45, 2.75) is 26.4 Å². The number of rotatable bonds is 2. The Kier molecular flexibility index (Phi) is 2.98. The molecule has 0 unspecified atom stereocenters. The molecular formula is C11H15N3O4. The van der Waals surface area contributed by atoms with Crippen LogP contribution in [0, 0.1) is 0 Å². The fourth-order valence-electron chi connectivity index (χ4n) is 1.99. The number of amides is 1. The Balaban J connectivity index is 2.46. The lowest BCUT2D eigenvalue weighted by Gasteiger charge is -2.30. The zero-order valence-corrected chi connectivity index (χ0v) is 10.5. The summed E-state index contributed by atoms with van der Waals surface area (Å²) in [7, 11) is 1.20. The lowest BCUT2D eigenvalue weighted by Crippen LogP contribution is -2.44. The lowest BCUT2D eigenvalue weighted by atomic mass is 10.2. The fraction of sp³-hybridized carbons (Fsp3) is 0.545. The Labute approximate surface area is 104 Å². The summed E-state index contributed by atoms with van der Waals surface area (Å²) in [4.78, 5) is 25.2. The van der Waals surface area contributed by atoms with Crippen molar-refractivity contribution >= 4 is 11.9 Å². The second-order valence-electron chi connectivity index (χ2n) is 4.35. The van der Waals surface area contributed by atoms with Crippen LogP contribution in [0.15, 0.2) is 0 Å². The molecule has 7 nitrogen and oxygen atoms in total. The predicted octanol–water partition coefficient (Wildman–Crippen LogP) is 0.239. The van der Waals surface area contributed by atoms with Crippen LogP contribution in [0.2, 0.25) is 0 Å². The molecule has 1 aromatic heterocycles. The van der Waals surface area contributed by atoms with E-state index >= 15 is 0 Å². The average Bonchev–Trinajstić information content (AvgIpc) is 2.66. The van der Waals surface area contributed by atoms with Crippen LogP contribution in [0.25, 0.3) is 0 Å². The van der Waals surface area contributed by atoms with Crippen LogP contribution in [-0.4, -0.2) is 51.4 Å². The SMILES string of the molecule is COC(=O)c1nn2c(c1O)C(=O)N(C(C)C)CC2. The van der Waals surface area contributed by atoms with E-state index in [0.717, 1.165) is 0 Å². The van der Waals surface area contributed by atoms with Crippen molar-refractivity contribution in [1.82, 2.24) is 14.7 Å². The largest absolute Gasteiger partial charge is 0.503 e. The zero-order valence-electron chi connectivity index (χ0n) is 10.5. The second kappa shape index (κ2) is 4.32. The van der Waals surface area contributed by atoms with E-state index in [9.17, 15) is 14.7 Å². The predicted molar refractivity (Wildman–Crippen MR) is 61.4 cm³/mol. The van der Waals surface area contributed by atoms with Gasteiger partial charge in [0, 0.05) is 12.6 Å². The molecule has 0 aliphatic carbocycles. The first-order valence-corrected chi connectivity index (χ1v) is 5.66. The quantitative estimate of drug-likeness (QED) is 0.763. The smallest absolute Gasteiger partial charge is 0.362 e. The van der Waals surface area contributed by atoms with Crippen LogP contribution in [0.5, 0.6) is 5.75 Å². The monoisotopic (exact) mass is 253 g/mol. The molecule has 1 aliphatic heterocycles. The maximum absolute atomic E-state index is 12.2. The van der Waals surface area contributed by atoms with Gasteiger partial charge in [0.25, 0.3) is 5.91 Å². The van der Waals surface area contributed by atoms with Crippen molar-refractivity contribution in [3.05, 3.63) is 11.4 Å². The van der Waals surface area contributed by atoms with Gasteiger partial charge in [-0.15, -0.1) is 0 Å². The van der Waals surface area contributed by atoms with Crippen LogP contribution < -0.4 is 0 Å². The van der Waals surface area contributed by atoms with Gasteiger partial charge in [-0.1, -0.05) is 0 Å². The number of aromatic hydroxyl groups is 1. The van der Waals surface area contributed by atoms with Crippen molar-refractivity contribution in [2.24, 2.45) is 0 Å². The summed E-state index contributed by atoms with van der Waals surface area (Å²) in [5.41, 5.74) is -0.165. The van der Waals surface area contributed by atoms with Gasteiger partial charge in [-0.05, 0) is 13.8 Å². The van der Waals surface area contributed by atoms with E-state index in [4.69, 9.17) is 0 Å². The number of ether oxygens (including phenoxy) is 1. The summed E-state index contributed by atoms with van der Waals surface area (Å²) in [6.07, 6.45) is 0. The molecule has 0 atom stereocenters. The minimum Gasteiger partial charge on any atom is -0.503 e. The minimum atomic E-state index is -0.752. The van der Waals surface area contributed by atoms with Gasteiger partial charge in [0.1, 0.15) is 0 Å². The molecule has 0 bridgehead atoms. The van der Waals surface area contributed by atoms with Crippen molar-refractivity contribution in [3.8, 4) is 5.75 Å². The number of methoxy groups -OCH3 is 1. The minimum absolute atomic E-state index is 0.0297. The summed E-state index contributed by atoms with van der Waals surface area (Å²) in [6.45, 7) is 4.74. The molecule has 0 saturated carbocycles. The highest BCUT2D eigenvalue weighted by molar-refractivity contribution is 6.00. The lowest BCUT2D eigenvalue weighted by molar-refractivity contribution is 0.0586. The molecule has 1 aliphatic rings. The van der Waals surface area contributed by atoms with Gasteiger partial charge >= 0.3 is 5.97 Å². The molecule has 1 N–H and O–H groups in total. The zero-order chi connectivity index (χ0) is 13.4. The van der Waals surface area contributed by atoms with Crippen LogP contribution in [0.1, 0.15) is 34.8 Å². The highest BCUT2D eigenvalue weighted by Gasteiger charge is 2.34. The van der Waals surface area contributed by atoms with Gasteiger partial charge in [0.2, 0.25) is 5.69 Å². The number of hydrogen-bond acceptors (Lipinski definition) is 5. The number of carbonyl (C=O) groups excluding carboxylic acids is 2. The van der Waals surface area contributed by atoms with E-state index in [0.29, 0.717) is 13.1 Å². The molecule has 18 heavy (non-hydrogen) atoms. The van der Waals surface area contributed by atoms with Gasteiger partial charge in [-0.2, -0.15) is 5.10 Å². The number of fused-ring (bicyclic) bond motifs is 1. The summed E-state index contributed by atoms with van der Waals surface area (Å²) >= 11 is 0. The third-order valence-corrected chi connectivity index (χ3v) is 2.95. The Morgan fingerprint density at radius 2 is 2.11 bits per heavy atom. The maximum Gasteiger partial charge on any atom is 0.362 e. The van der Waals surface area contributed by atoms with E-state index in [1.54, 1.807) is 4.90 Å². The molecule has 0 saturated heterocycles. The molecular weight excluding hydrogens is 238 g/mol. The van der Waals surface area contributed by atoms with E-state index in [1.807, 2.05) is 13.8 Å². The topological polar surface area (TPSA) is 84.7 Å². The van der Waals surface area contributed by atoms with Gasteiger partial charge in [0.15, 0.2) is 11.4 Å². The first kappa shape index (κ1) is 12.4. The van der Waals surface area contributed by atoms with Crippen molar-refractivity contribution < 1.29 is 19.4 Å². The first-order valence-electron chi connectivity index (χ1n) is 5.66. The van der Waals surface area contributed by atoms with Crippen LogP contribution in [-0.2, 0) is 11.3 Å². The van der Waals surface area contributed by atoms with Crippen molar-refractivity contribution in [2.75, 3.05) is 13.7 Å². The molecule has 2 rings (SSSR count). The van der Waals surface area contributed by atoms with E-state index in [-0.39, 0.29) is 23.3 Å². The van der Waals surface area contributed by atoms with Crippen LogP contribution in [0.4, 0.5) is 0 Å². The Bertz CT molecular complexity index is 507. The third-order valence-electron chi connectivity index (χ3n) is 2.95. The maximum atomic E-state index is 12.2. The first-order chi connectivity index (χ1) is 8.47.